The van der Waals surface area contributed by atoms with Crippen LogP contribution in [0.4, 0.5) is 13.2 Å². The zero-order chi connectivity index (χ0) is 13.6. The van der Waals surface area contributed by atoms with Crippen LogP contribution in [0.15, 0.2) is 12.1 Å². The summed E-state index contributed by atoms with van der Waals surface area (Å²) >= 11 is 0. The molecule has 0 aliphatic carbocycles. The fourth-order valence-electron chi connectivity index (χ4n) is 1.45. The molecule has 0 amide bonds. The summed E-state index contributed by atoms with van der Waals surface area (Å²) in [5, 5.41) is 0. The first-order valence-electron chi connectivity index (χ1n) is 5.61. The van der Waals surface area contributed by atoms with Gasteiger partial charge in [0, 0.05) is 7.11 Å². The van der Waals surface area contributed by atoms with E-state index in [4.69, 9.17) is 9.47 Å². The largest absolute Gasteiger partial charge is 0.433 e. The number of aryl methyl sites for hydroxylation is 1. The van der Waals surface area contributed by atoms with Crippen molar-refractivity contribution in [3.05, 3.63) is 29.1 Å². The number of nitrogens with zero attached hydrogens (tertiary/aromatic N) is 1. The minimum atomic E-state index is -4.42. The molecule has 3 nitrogen and oxygen atoms in total. The van der Waals surface area contributed by atoms with Gasteiger partial charge in [0.2, 0.25) is 0 Å². The third kappa shape index (κ3) is 4.27. The van der Waals surface area contributed by atoms with Crippen molar-refractivity contribution in [1.29, 1.82) is 0 Å². The molecule has 0 radical (unpaired) electrons. The van der Waals surface area contributed by atoms with E-state index >= 15 is 0 Å². The molecule has 0 saturated carbocycles. The van der Waals surface area contributed by atoms with Crippen LogP contribution < -0.4 is 0 Å². The summed E-state index contributed by atoms with van der Waals surface area (Å²) < 4.78 is 47.6. The molecule has 0 saturated heterocycles. The zero-order valence-corrected chi connectivity index (χ0v) is 10.4. The van der Waals surface area contributed by atoms with Gasteiger partial charge in [-0.3, -0.25) is 0 Å². The SMILES string of the molecule is CCc1ccc(C(F)(F)F)nc1COCCOC. The van der Waals surface area contributed by atoms with Gasteiger partial charge in [0.1, 0.15) is 5.69 Å². The van der Waals surface area contributed by atoms with Crippen molar-refractivity contribution < 1.29 is 22.6 Å². The quantitative estimate of drug-likeness (QED) is 0.739. The van der Waals surface area contributed by atoms with Crippen LogP contribution in [0.2, 0.25) is 0 Å². The molecule has 1 heterocycles. The Morgan fingerprint density at radius 3 is 2.50 bits per heavy atom. The van der Waals surface area contributed by atoms with Gasteiger partial charge in [0.05, 0.1) is 25.5 Å². The summed E-state index contributed by atoms with van der Waals surface area (Å²) in [4.78, 5) is 3.62. The third-order valence-electron chi connectivity index (χ3n) is 2.41. The van der Waals surface area contributed by atoms with Crippen LogP contribution in [0.3, 0.4) is 0 Å². The lowest BCUT2D eigenvalue weighted by molar-refractivity contribution is -0.141. The molecular formula is C12H16F3NO2. The summed E-state index contributed by atoms with van der Waals surface area (Å²) in [6, 6.07) is 2.45. The Balaban J connectivity index is 2.79. The van der Waals surface area contributed by atoms with Crippen LogP contribution in [0, 0.1) is 0 Å². The molecule has 0 N–H and O–H groups in total. The summed E-state index contributed by atoms with van der Waals surface area (Å²) in [5.41, 5.74) is 0.217. The lowest BCUT2D eigenvalue weighted by Crippen LogP contribution is -2.12. The van der Waals surface area contributed by atoms with Crippen molar-refractivity contribution in [2.24, 2.45) is 0 Å². The molecule has 0 fully saturated rings. The molecule has 0 bridgehead atoms. The number of hydrogen-bond donors (Lipinski definition) is 0. The average Bonchev–Trinajstić information content (AvgIpc) is 2.33. The van der Waals surface area contributed by atoms with Gasteiger partial charge in [0.25, 0.3) is 0 Å². The number of halogens is 3. The highest BCUT2D eigenvalue weighted by Crippen LogP contribution is 2.28. The minimum Gasteiger partial charge on any atom is -0.382 e. The molecule has 0 aliphatic heterocycles. The van der Waals surface area contributed by atoms with Crippen molar-refractivity contribution in [3.8, 4) is 0 Å². The number of rotatable bonds is 6. The Morgan fingerprint density at radius 2 is 1.94 bits per heavy atom. The molecule has 0 atom stereocenters. The third-order valence-corrected chi connectivity index (χ3v) is 2.41. The van der Waals surface area contributed by atoms with Gasteiger partial charge in [0.15, 0.2) is 0 Å². The van der Waals surface area contributed by atoms with Crippen LogP contribution in [0.5, 0.6) is 0 Å². The van der Waals surface area contributed by atoms with E-state index in [1.54, 1.807) is 0 Å². The monoisotopic (exact) mass is 263 g/mol. The maximum absolute atomic E-state index is 12.5. The normalized spacial score (nSPS) is 11.8. The summed E-state index contributed by atoms with van der Waals surface area (Å²) in [5.74, 6) is 0. The van der Waals surface area contributed by atoms with Gasteiger partial charge in [-0.25, -0.2) is 4.98 Å². The maximum Gasteiger partial charge on any atom is 0.433 e. The molecule has 6 heteroatoms. The van der Waals surface area contributed by atoms with Crippen molar-refractivity contribution in [2.75, 3.05) is 20.3 Å². The lowest BCUT2D eigenvalue weighted by atomic mass is 10.1. The molecule has 0 unspecified atom stereocenters. The molecular weight excluding hydrogens is 247 g/mol. The second-order valence-corrected chi connectivity index (χ2v) is 3.70. The molecule has 0 aromatic carbocycles. The van der Waals surface area contributed by atoms with E-state index in [1.165, 1.54) is 13.2 Å². The number of hydrogen-bond acceptors (Lipinski definition) is 3. The van der Waals surface area contributed by atoms with Crippen LogP contribution >= 0.6 is 0 Å². The zero-order valence-electron chi connectivity index (χ0n) is 10.4. The summed E-state index contributed by atoms with van der Waals surface area (Å²) in [6.45, 7) is 2.66. The second kappa shape index (κ2) is 6.70. The topological polar surface area (TPSA) is 31.4 Å². The van der Waals surface area contributed by atoms with Crippen molar-refractivity contribution in [2.45, 2.75) is 26.1 Å². The predicted molar refractivity (Wildman–Crippen MR) is 60.1 cm³/mol. The minimum absolute atomic E-state index is 0.0659. The van der Waals surface area contributed by atoms with Crippen LogP contribution in [-0.2, 0) is 28.7 Å². The fourth-order valence-corrected chi connectivity index (χ4v) is 1.45. The molecule has 0 spiro atoms. The van der Waals surface area contributed by atoms with Crippen molar-refractivity contribution >= 4 is 0 Å². The Kier molecular flexibility index (Phi) is 5.55. The first kappa shape index (κ1) is 14.9. The molecule has 18 heavy (non-hydrogen) atoms. The highest BCUT2D eigenvalue weighted by Gasteiger charge is 2.32. The number of alkyl halides is 3. The lowest BCUT2D eigenvalue weighted by Gasteiger charge is -2.12. The molecule has 1 rings (SSSR count). The second-order valence-electron chi connectivity index (χ2n) is 3.70. The highest BCUT2D eigenvalue weighted by molar-refractivity contribution is 5.24. The van der Waals surface area contributed by atoms with Gasteiger partial charge in [-0.1, -0.05) is 13.0 Å². The van der Waals surface area contributed by atoms with E-state index in [9.17, 15) is 13.2 Å². The first-order valence-corrected chi connectivity index (χ1v) is 5.61. The predicted octanol–water partition coefficient (Wildman–Crippen LogP) is 2.83. The Bertz CT molecular complexity index is 380. The van der Waals surface area contributed by atoms with Gasteiger partial charge in [-0.05, 0) is 18.1 Å². The summed E-state index contributed by atoms with van der Waals surface area (Å²) in [6.07, 6.45) is -3.80. The number of ether oxygens (including phenoxy) is 2. The number of pyridine rings is 1. The molecule has 1 aromatic heterocycles. The molecule has 0 aliphatic rings. The van der Waals surface area contributed by atoms with Crippen LogP contribution in [0.25, 0.3) is 0 Å². The number of methoxy groups -OCH3 is 1. The Labute approximate surface area is 104 Å². The van der Waals surface area contributed by atoms with Gasteiger partial charge >= 0.3 is 6.18 Å². The first-order chi connectivity index (χ1) is 8.49. The van der Waals surface area contributed by atoms with E-state index in [0.717, 1.165) is 11.6 Å². The maximum atomic E-state index is 12.5. The smallest absolute Gasteiger partial charge is 0.382 e. The van der Waals surface area contributed by atoms with E-state index in [1.807, 2.05) is 6.92 Å². The van der Waals surface area contributed by atoms with E-state index in [0.29, 0.717) is 25.3 Å². The van der Waals surface area contributed by atoms with E-state index < -0.39 is 11.9 Å². The highest BCUT2D eigenvalue weighted by atomic mass is 19.4. The van der Waals surface area contributed by atoms with Crippen molar-refractivity contribution in [1.82, 2.24) is 4.98 Å². The van der Waals surface area contributed by atoms with E-state index in [-0.39, 0.29) is 6.61 Å². The Hall–Kier alpha value is -1.14. The van der Waals surface area contributed by atoms with Gasteiger partial charge < -0.3 is 9.47 Å². The van der Waals surface area contributed by atoms with Gasteiger partial charge in [-0.2, -0.15) is 13.2 Å². The Morgan fingerprint density at radius 1 is 1.22 bits per heavy atom. The summed E-state index contributed by atoms with van der Waals surface area (Å²) in [7, 11) is 1.53. The molecule has 1 aromatic rings. The van der Waals surface area contributed by atoms with Crippen LogP contribution in [-0.4, -0.2) is 25.3 Å². The van der Waals surface area contributed by atoms with Gasteiger partial charge in [-0.15, -0.1) is 0 Å². The van der Waals surface area contributed by atoms with Crippen LogP contribution in [0.1, 0.15) is 23.9 Å². The number of aromatic nitrogens is 1. The van der Waals surface area contributed by atoms with E-state index in [2.05, 4.69) is 4.98 Å². The van der Waals surface area contributed by atoms with Crippen molar-refractivity contribution in [3.63, 3.8) is 0 Å². The molecule has 102 valence electrons. The average molecular weight is 263 g/mol. The standard InChI is InChI=1S/C12H16F3NO2/c1-3-9-4-5-11(12(13,14)15)16-10(9)8-18-7-6-17-2/h4-5H,3,6-8H2,1-2H3. The fraction of sp³-hybridized carbons (Fsp3) is 0.583.